The molecule has 1 amide bonds. The summed E-state index contributed by atoms with van der Waals surface area (Å²) in [6, 6.07) is 26.9. The molecule has 160 valence electrons. The number of aromatic amines is 1. The summed E-state index contributed by atoms with van der Waals surface area (Å²) >= 11 is 1.72. The Bertz CT molecular complexity index is 1310. The summed E-state index contributed by atoms with van der Waals surface area (Å²) in [5, 5.41) is 5.47. The van der Waals surface area contributed by atoms with E-state index in [-0.39, 0.29) is 11.8 Å². The Morgan fingerprint density at radius 1 is 0.969 bits per heavy atom. The molecule has 0 aliphatic heterocycles. The molecule has 0 bridgehead atoms. The van der Waals surface area contributed by atoms with Crippen LogP contribution in [-0.2, 0) is 11.2 Å². The number of carbonyl (C=O) groups excluding carboxylic acids is 1. The van der Waals surface area contributed by atoms with Crippen molar-refractivity contribution >= 4 is 38.4 Å². The molecule has 0 aliphatic carbocycles. The second-order valence-corrected chi connectivity index (χ2v) is 9.10. The van der Waals surface area contributed by atoms with E-state index < -0.39 is 0 Å². The smallest absolute Gasteiger partial charge is 0.220 e. The van der Waals surface area contributed by atoms with Gasteiger partial charge in [0.05, 0.1) is 15.2 Å². The number of para-hydroxylation sites is 2. The molecule has 0 spiro atoms. The van der Waals surface area contributed by atoms with Gasteiger partial charge in [-0.15, -0.1) is 11.3 Å². The van der Waals surface area contributed by atoms with Crippen LogP contribution in [0.25, 0.3) is 21.1 Å². The molecule has 2 aromatic heterocycles. The highest BCUT2D eigenvalue weighted by Crippen LogP contribution is 2.30. The number of nitrogens with zero attached hydrogens (tertiary/aromatic N) is 1. The minimum atomic E-state index is 0.0897. The molecule has 32 heavy (non-hydrogen) atoms. The second-order valence-electron chi connectivity index (χ2n) is 7.99. The second kappa shape index (κ2) is 9.37. The number of benzene rings is 3. The molecule has 5 heteroatoms. The van der Waals surface area contributed by atoms with Gasteiger partial charge in [0, 0.05) is 36.0 Å². The van der Waals surface area contributed by atoms with Gasteiger partial charge in [-0.05, 0) is 42.2 Å². The highest BCUT2D eigenvalue weighted by atomic mass is 32.1. The van der Waals surface area contributed by atoms with Crippen molar-refractivity contribution in [2.24, 2.45) is 0 Å². The van der Waals surface area contributed by atoms with Crippen LogP contribution in [0.1, 0.15) is 34.9 Å². The first kappa shape index (κ1) is 20.5. The SMILES string of the molecule is O=C(CCCc1nc2ccccc2s1)NCC(c1ccccc1)c1c[nH]c2ccccc12. The van der Waals surface area contributed by atoms with Gasteiger partial charge in [-0.3, -0.25) is 4.79 Å². The molecular formula is C27H25N3OS. The zero-order valence-corrected chi connectivity index (χ0v) is 18.6. The first-order chi connectivity index (χ1) is 15.8. The number of aryl methyl sites for hydroxylation is 1. The van der Waals surface area contributed by atoms with Gasteiger partial charge >= 0.3 is 0 Å². The van der Waals surface area contributed by atoms with Crippen molar-refractivity contribution < 1.29 is 4.79 Å². The van der Waals surface area contributed by atoms with Gasteiger partial charge in [-0.25, -0.2) is 4.98 Å². The summed E-state index contributed by atoms with van der Waals surface area (Å²) < 4.78 is 1.20. The molecule has 2 N–H and O–H groups in total. The Balaban J connectivity index is 1.23. The number of H-pyrrole nitrogens is 1. The van der Waals surface area contributed by atoms with Gasteiger partial charge < -0.3 is 10.3 Å². The van der Waals surface area contributed by atoms with Crippen molar-refractivity contribution in [3.05, 3.63) is 101 Å². The Morgan fingerprint density at radius 2 is 1.75 bits per heavy atom. The third-order valence-corrected chi connectivity index (χ3v) is 6.93. The Hall–Kier alpha value is -3.44. The fourth-order valence-electron chi connectivity index (χ4n) is 4.21. The average Bonchev–Trinajstić information content (AvgIpc) is 3.44. The third-order valence-electron chi connectivity index (χ3n) is 5.83. The van der Waals surface area contributed by atoms with Gasteiger partial charge in [0.1, 0.15) is 0 Å². The number of nitrogens with one attached hydrogen (secondary N) is 2. The molecule has 0 saturated heterocycles. The molecular weight excluding hydrogens is 414 g/mol. The molecule has 3 aromatic carbocycles. The summed E-state index contributed by atoms with van der Waals surface area (Å²) in [5.41, 5.74) is 4.57. The van der Waals surface area contributed by atoms with E-state index in [1.807, 2.05) is 30.3 Å². The van der Waals surface area contributed by atoms with Crippen LogP contribution in [0.15, 0.2) is 85.1 Å². The van der Waals surface area contributed by atoms with Gasteiger partial charge in [0.25, 0.3) is 0 Å². The standard InChI is InChI=1S/C27H25N3OS/c31-26(15-8-16-27-30-24-13-6-7-14-25(24)32-27)29-17-21(19-9-2-1-3-10-19)22-18-28-23-12-5-4-11-20(22)23/h1-7,9-14,18,21,28H,8,15-17H2,(H,29,31). The van der Waals surface area contributed by atoms with Crippen LogP contribution in [0, 0.1) is 0 Å². The summed E-state index contributed by atoms with van der Waals surface area (Å²) in [7, 11) is 0. The molecule has 0 fully saturated rings. The van der Waals surface area contributed by atoms with E-state index in [2.05, 4.69) is 70.0 Å². The molecule has 0 radical (unpaired) electrons. The monoisotopic (exact) mass is 439 g/mol. The molecule has 5 aromatic rings. The van der Waals surface area contributed by atoms with Gasteiger partial charge in [0.15, 0.2) is 0 Å². The fourth-order valence-corrected chi connectivity index (χ4v) is 5.22. The lowest BCUT2D eigenvalue weighted by Crippen LogP contribution is -2.28. The minimum absolute atomic E-state index is 0.0897. The Labute approximate surface area is 191 Å². The number of hydrogen-bond donors (Lipinski definition) is 2. The molecule has 2 heterocycles. The van der Waals surface area contributed by atoms with Crippen molar-refractivity contribution in [1.82, 2.24) is 15.3 Å². The lowest BCUT2D eigenvalue weighted by atomic mass is 9.91. The van der Waals surface area contributed by atoms with Crippen molar-refractivity contribution in [1.29, 1.82) is 0 Å². The summed E-state index contributed by atoms with van der Waals surface area (Å²) in [6.07, 6.45) is 4.21. The first-order valence-electron chi connectivity index (χ1n) is 11.0. The molecule has 5 rings (SSSR count). The van der Waals surface area contributed by atoms with Crippen LogP contribution in [0.3, 0.4) is 0 Å². The number of thiazole rings is 1. The average molecular weight is 440 g/mol. The van der Waals surface area contributed by atoms with E-state index in [0.717, 1.165) is 28.9 Å². The maximum atomic E-state index is 12.6. The van der Waals surface area contributed by atoms with E-state index in [0.29, 0.717) is 13.0 Å². The van der Waals surface area contributed by atoms with E-state index in [1.54, 1.807) is 11.3 Å². The zero-order valence-electron chi connectivity index (χ0n) is 17.8. The number of carbonyl (C=O) groups is 1. The Morgan fingerprint density at radius 3 is 2.62 bits per heavy atom. The summed E-state index contributed by atoms with van der Waals surface area (Å²) in [4.78, 5) is 20.7. The molecule has 0 aliphatic rings. The predicted molar refractivity (Wildman–Crippen MR) is 132 cm³/mol. The topological polar surface area (TPSA) is 57.8 Å². The highest BCUT2D eigenvalue weighted by Gasteiger charge is 2.19. The molecule has 0 saturated carbocycles. The molecule has 4 nitrogen and oxygen atoms in total. The summed E-state index contributed by atoms with van der Waals surface area (Å²) in [5.74, 6) is 0.187. The number of hydrogen-bond acceptors (Lipinski definition) is 3. The lowest BCUT2D eigenvalue weighted by molar-refractivity contribution is -0.121. The zero-order chi connectivity index (χ0) is 21.8. The maximum absolute atomic E-state index is 12.6. The quantitative estimate of drug-likeness (QED) is 0.309. The van der Waals surface area contributed by atoms with Crippen LogP contribution in [0.4, 0.5) is 0 Å². The molecule has 1 unspecified atom stereocenters. The largest absolute Gasteiger partial charge is 0.361 e. The van der Waals surface area contributed by atoms with Crippen LogP contribution in [0.2, 0.25) is 0 Å². The van der Waals surface area contributed by atoms with Crippen molar-refractivity contribution in [3.63, 3.8) is 0 Å². The first-order valence-corrected chi connectivity index (χ1v) is 11.8. The number of fused-ring (bicyclic) bond motifs is 2. The third kappa shape index (κ3) is 4.43. The van der Waals surface area contributed by atoms with Crippen molar-refractivity contribution in [3.8, 4) is 0 Å². The van der Waals surface area contributed by atoms with E-state index >= 15 is 0 Å². The minimum Gasteiger partial charge on any atom is -0.361 e. The maximum Gasteiger partial charge on any atom is 0.220 e. The van der Waals surface area contributed by atoms with E-state index in [1.165, 1.54) is 21.2 Å². The van der Waals surface area contributed by atoms with E-state index in [9.17, 15) is 4.79 Å². The van der Waals surface area contributed by atoms with Gasteiger partial charge in [0.2, 0.25) is 5.91 Å². The van der Waals surface area contributed by atoms with Crippen LogP contribution >= 0.6 is 11.3 Å². The predicted octanol–water partition coefficient (Wildman–Crippen LogP) is 6.05. The van der Waals surface area contributed by atoms with Crippen LogP contribution < -0.4 is 5.32 Å². The number of amides is 1. The van der Waals surface area contributed by atoms with E-state index in [4.69, 9.17) is 0 Å². The summed E-state index contributed by atoms with van der Waals surface area (Å²) in [6.45, 7) is 0.575. The molecule has 1 atom stereocenters. The van der Waals surface area contributed by atoms with Crippen molar-refractivity contribution in [2.75, 3.05) is 6.54 Å². The van der Waals surface area contributed by atoms with Crippen molar-refractivity contribution in [2.45, 2.75) is 25.2 Å². The number of rotatable bonds is 8. The normalized spacial score (nSPS) is 12.2. The number of aromatic nitrogens is 2. The Kier molecular flexibility index (Phi) is 5.99. The van der Waals surface area contributed by atoms with Crippen LogP contribution in [0.5, 0.6) is 0 Å². The highest BCUT2D eigenvalue weighted by molar-refractivity contribution is 7.18. The van der Waals surface area contributed by atoms with Crippen LogP contribution in [-0.4, -0.2) is 22.4 Å². The fraction of sp³-hybridized carbons (Fsp3) is 0.185. The van der Waals surface area contributed by atoms with Gasteiger partial charge in [-0.1, -0.05) is 60.7 Å². The van der Waals surface area contributed by atoms with Gasteiger partial charge in [-0.2, -0.15) is 0 Å². The lowest BCUT2D eigenvalue weighted by Gasteiger charge is -2.18.